The number of benzene rings is 2. The van der Waals surface area contributed by atoms with Gasteiger partial charge in [0.25, 0.3) is 15.9 Å². The Balaban J connectivity index is 1.33. The maximum Gasteiger partial charge on any atom is 0.410 e. The zero-order valence-corrected chi connectivity index (χ0v) is 25.6. The second-order valence-electron chi connectivity index (χ2n) is 11.4. The summed E-state index contributed by atoms with van der Waals surface area (Å²) in [5.74, 6) is -1.81. The molecule has 1 spiro atoms. The van der Waals surface area contributed by atoms with Crippen molar-refractivity contribution < 1.29 is 31.9 Å². The van der Waals surface area contributed by atoms with E-state index in [1.165, 1.54) is 35.4 Å². The highest BCUT2D eigenvalue weighted by molar-refractivity contribution is 7.92. The van der Waals surface area contributed by atoms with Crippen LogP contribution in [-0.2, 0) is 19.5 Å². The zero-order chi connectivity index (χ0) is 30.4. The molecule has 0 bridgehead atoms. The molecule has 0 atom stereocenters. The molecule has 0 aliphatic carbocycles. The number of likely N-dealkylation sites (tertiary alicyclic amines) is 1. The molecule has 2 fully saturated rings. The third-order valence-electron chi connectivity index (χ3n) is 7.33. The minimum Gasteiger partial charge on any atom is -0.444 e. The number of fused-ring (bicyclic) bond motifs is 1. The van der Waals surface area contributed by atoms with E-state index in [1.54, 1.807) is 25.7 Å². The van der Waals surface area contributed by atoms with Crippen molar-refractivity contribution in [2.45, 2.75) is 49.7 Å². The number of morpholine rings is 1. The molecule has 2 aromatic carbocycles. The summed E-state index contributed by atoms with van der Waals surface area (Å²) < 4.78 is 56.3. The van der Waals surface area contributed by atoms with Crippen LogP contribution in [0.5, 0.6) is 0 Å². The molecule has 10 nitrogen and oxygen atoms in total. The topological polar surface area (TPSA) is 121 Å². The van der Waals surface area contributed by atoms with Gasteiger partial charge in [-0.05, 0) is 57.9 Å². The lowest BCUT2D eigenvalue weighted by molar-refractivity contribution is -0.126. The molecule has 14 heteroatoms. The number of hydrogen-bond acceptors (Lipinski definition) is 6. The number of halogens is 3. The Labute approximate surface area is 253 Å². The quantitative estimate of drug-likeness (QED) is 0.380. The highest BCUT2D eigenvalue weighted by Crippen LogP contribution is 2.36. The summed E-state index contributed by atoms with van der Waals surface area (Å²) in [6.07, 6.45) is 1.99. The van der Waals surface area contributed by atoms with Gasteiger partial charge < -0.3 is 24.3 Å². The molecule has 1 aromatic heterocycles. The van der Waals surface area contributed by atoms with Crippen LogP contribution in [0.2, 0.25) is 10.0 Å². The van der Waals surface area contributed by atoms with Crippen LogP contribution in [0.1, 0.15) is 44.0 Å². The van der Waals surface area contributed by atoms with E-state index in [0.717, 1.165) is 6.07 Å². The number of H-pyrrole nitrogens is 1. The fraction of sp³-hybridized carbons (Fsp3) is 0.429. The van der Waals surface area contributed by atoms with Gasteiger partial charge in [0.1, 0.15) is 10.5 Å². The number of anilines is 1. The van der Waals surface area contributed by atoms with Gasteiger partial charge in [0.05, 0.1) is 45.6 Å². The predicted molar refractivity (Wildman–Crippen MR) is 157 cm³/mol. The van der Waals surface area contributed by atoms with Crippen molar-refractivity contribution >= 4 is 61.8 Å². The summed E-state index contributed by atoms with van der Waals surface area (Å²) in [7, 11) is -4.46. The Hall–Kier alpha value is -3.06. The first-order valence-electron chi connectivity index (χ1n) is 13.4. The van der Waals surface area contributed by atoms with Gasteiger partial charge >= 0.3 is 6.09 Å². The van der Waals surface area contributed by atoms with Gasteiger partial charge in [-0.2, -0.15) is 0 Å². The molecule has 3 heterocycles. The van der Waals surface area contributed by atoms with E-state index in [0.29, 0.717) is 46.9 Å². The summed E-state index contributed by atoms with van der Waals surface area (Å²) in [5.41, 5.74) is -1.24. The lowest BCUT2D eigenvalue weighted by Gasteiger charge is -2.47. The third-order valence-corrected chi connectivity index (χ3v) is 9.32. The first-order valence-corrected chi connectivity index (χ1v) is 15.6. The molecular weight excluding hydrogens is 610 g/mol. The average Bonchev–Trinajstić information content (AvgIpc) is 3.32. The first kappa shape index (κ1) is 30.4. The average molecular weight is 642 g/mol. The number of carbonyl (C=O) groups is 2. The third kappa shape index (κ3) is 6.03. The smallest absolute Gasteiger partial charge is 0.410 e. The van der Waals surface area contributed by atoms with Gasteiger partial charge in [-0.25, -0.2) is 17.6 Å². The van der Waals surface area contributed by atoms with Crippen LogP contribution >= 0.6 is 23.2 Å². The number of aromatic nitrogens is 1. The number of rotatable bonds is 4. The fourth-order valence-corrected chi connectivity index (χ4v) is 6.98. The molecule has 2 aliphatic rings. The van der Waals surface area contributed by atoms with Crippen molar-refractivity contribution in [3.8, 4) is 0 Å². The van der Waals surface area contributed by atoms with Gasteiger partial charge in [-0.15, -0.1) is 0 Å². The molecule has 0 saturated carbocycles. The molecule has 42 heavy (non-hydrogen) atoms. The minimum absolute atomic E-state index is 0.116. The molecule has 2 amide bonds. The number of nitrogens with one attached hydrogen (secondary N) is 2. The van der Waals surface area contributed by atoms with E-state index in [9.17, 15) is 18.0 Å². The predicted octanol–water partition coefficient (Wildman–Crippen LogP) is 5.66. The molecule has 3 aromatic rings. The van der Waals surface area contributed by atoms with Crippen molar-refractivity contribution in [2.24, 2.45) is 0 Å². The zero-order valence-electron chi connectivity index (χ0n) is 23.3. The van der Waals surface area contributed by atoms with E-state index in [2.05, 4.69) is 9.71 Å². The molecule has 0 unspecified atom stereocenters. The number of aromatic amines is 1. The maximum absolute atomic E-state index is 15.8. The molecule has 2 N–H and O–H groups in total. The van der Waals surface area contributed by atoms with Crippen molar-refractivity contribution in [1.29, 1.82) is 0 Å². The van der Waals surface area contributed by atoms with E-state index in [1.807, 2.05) is 0 Å². The Bertz CT molecular complexity index is 1650. The maximum atomic E-state index is 15.8. The van der Waals surface area contributed by atoms with Gasteiger partial charge in [0.15, 0.2) is 5.82 Å². The van der Waals surface area contributed by atoms with E-state index in [-0.39, 0.29) is 30.9 Å². The summed E-state index contributed by atoms with van der Waals surface area (Å²) in [6, 6.07) is 6.59. The second-order valence-corrected chi connectivity index (χ2v) is 13.9. The molecule has 0 radical (unpaired) electrons. The summed E-state index contributed by atoms with van der Waals surface area (Å²) in [6.45, 7) is 6.78. The minimum atomic E-state index is -4.46. The highest BCUT2D eigenvalue weighted by atomic mass is 35.5. The van der Waals surface area contributed by atoms with Gasteiger partial charge in [-0.3, -0.25) is 9.52 Å². The molecular formula is C28H31Cl2FN4O6S. The monoisotopic (exact) mass is 640 g/mol. The highest BCUT2D eigenvalue weighted by Gasteiger charge is 2.43. The standard InChI is InChI=1S/C28H31Cl2FN4O6S/c1-27(2,3)41-26(37)34-11-9-28(10-12-34)16-35(13-14-40-28)25(36)17-5-4-6-21(23(17)31)42(38,39)33-20-8-7-18(29)22-19(30)15-32-24(20)22/h4-8,15,32-33H,9-14,16H2,1-3H3. The van der Waals surface area contributed by atoms with Crippen molar-refractivity contribution in [3.05, 3.63) is 58.0 Å². The number of carbonyl (C=O) groups excluding carboxylic acids is 2. The summed E-state index contributed by atoms with van der Waals surface area (Å²) in [4.78, 5) is 31.3. The number of hydrogen-bond donors (Lipinski definition) is 2. The van der Waals surface area contributed by atoms with E-state index >= 15 is 4.39 Å². The van der Waals surface area contributed by atoms with Crippen molar-refractivity contribution in [1.82, 2.24) is 14.8 Å². The normalized spacial score (nSPS) is 17.5. The molecule has 5 rings (SSSR count). The van der Waals surface area contributed by atoms with E-state index in [4.69, 9.17) is 32.7 Å². The summed E-state index contributed by atoms with van der Waals surface area (Å²) >= 11 is 12.4. The van der Waals surface area contributed by atoms with Crippen molar-refractivity contribution in [3.63, 3.8) is 0 Å². The van der Waals surface area contributed by atoms with Crippen LogP contribution in [-0.4, -0.2) is 79.2 Å². The van der Waals surface area contributed by atoms with Crippen LogP contribution in [0.3, 0.4) is 0 Å². The fourth-order valence-electron chi connectivity index (χ4n) is 5.25. The van der Waals surface area contributed by atoms with Gasteiger partial charge in [-0.1, -0.05) is 29.3 Å². The van der Waals surface area contributed by atoms with Crippen LogP contribution < -0.4 is 4.72 Å². The number of nitrogens with zero attached hydrogens (tertiary/aromatic N) is 2. The number of ether oxygens (including phenoxy) is 2. The summed E-state index contributed by atoms with van der Waals surface area (Å²) in [5, 5.41) is 1.03. The SMILES string of the molecule is CC(C)(C)OC(=O)N1CCC2(CC1)CN(C(=O)c1cccc(S(=O)(=O)Nc3ccc(Cl)c4c(Cl)c[nH]c34)c1F)CCO2. The van der Waals surface area contributed by atoms with Crippen molar-refractivity contribution in [2.75, 3.05) is 37.5 Å². The van der Waals surface area contributed by atoms with Crippen LogP contribution in [0.4, 0.5) is 14.9 Å². The van der Waals surface area contributed by atoms with Crippen LogP contribution in [0, 0.1) is 5.82 Å². The van der Waals surface area contributed by atoms with Crippen LogP contribution in [0.25, 0.3) is 10.9 Å². The Morgan fingerprint density at radius 3 is 2.48 bits per heavy atom. The lowest BCUT2D eigenvalue weighted by Crippen LogP contribution is -2.58. The van der Waals surface area contributed by atoms with Crippen LogP contribution in [0.15, 0.2) is 41.4 Å². The molecule has 226 valence electrons. The number of sulfonamides is 1. The lowest BCUT2D eigenvalue weighted by atomic mass is 9.89. The molecule has 2 aliphatic heterocycles. The largest absolute Gasteiger partial charge is 0.444 e. The van der Waals surface area contributed by atoms with Gasteiger partial charge in [0.2, 0.25) is 0 Å². The number of amides is 2. The number of piperidine rings is 1. The molecule has 2 saturated heterocycles. The Morgan fingerprint density at radius 2 is 1.79 bits per heavy atom. The second kappa shape index (κ2) is 11.2. The Kier molecular flexibility index (Phi) is 8.12. The first-order chi connectivity index (χ1) is 19.7. The Morgan fingerprint density at radius 1 is 1.07 bits per heavy atom. The van der Waals surface area contributed by atoms with E-state index < -0.39 is 43.9 Å². The van der Waals surface area contributed by atoms with Gasteiger partial charge in [0, 0.05) is 31.2 Å².